The van der Waals surface area contributed by atoms with Crippen LogP contribution in [0.1, 0.15) is 54.5 Å². The molecule has 2 atom stereocenters. The first-order chi connectivity index (χ1) is 17.4. The van der Waals surface area contributed by atoms with Crippen molar-refractivity contribution >= 4 is 21.6 Å². The number of rotatable bonds is 6. The first-order valence-electron chi connectivity index (χ1n) is 12.6. The molecule has 0 unspecified atom stereocenters. The molecule has 1 aliphatic carbocycles. The fourth-order valence-corrected chi connectivity index (χ4v) is 6.59. The minimum absolute atomic E-state index is 0.0971. The molecule has 0 saturated heterocycles. The number of amides is 1. The zero-order valence-corrected chi connectivity index (χ0v) is 21.6. The Bertz CT molecular complexity index is 1370. The maximum atomic E-state index is 13.6. The Morgan fingerprint density at radius 3 is 2.53 bits per heavy atom. The molecule has 3 aromatic carbocycles. The summed E-state index contributed by atoms with van der Waals surface area (Å²) in [6, 6.07) is 20.0. The van der Waals surface area contributed by atoms with Crippen LogP contribution >= 0.6 is 0 Å². The molecule has 1 heterocycles. The fraction of sp³-hybridized carbons (Fsp3) is 0.345. The summed E-state index contributed by atoms with van der Waals surface area (Å²) in [5.41, 5.74) is 5.20. The second-order valence-electron chi connectivity index (χ2n) is 9.63. The standard InChI is InChI=1S/C29H32N2O4S/c1-3-25(23-15-14-21-9-7-8-10-22(21)18-23)30-29(32)28-19-31(26-17-20(2)13-16-27(26)35-28)36(33,34)24-11-5-4-6-12-24/h4-6,11-18,25,28H,3,7-10,19H2,1-2H3,(H,30,32)/t25-,28-/m1/s1. The van der Waals surface area contributed by atoms with Gasteiger partial charge in [0.05, 0.1) is 23.2 Å². The Morgan fingerprint density at radius 2 is 1.78 bits per heavy atom. The molecule has 1 aliphatic heterocycles. The largest absolute Gasteiger partial charge is 0.476 e. The summed E-state index contributed by atoms with van der Waals surface area (Å²) in [5, 5.41) is 3.13. The summed E-state index contributed by atoms with van der Waals surface area (Å²) >= 11 is 0. The zero-order valence-electron chi connectivity index (χ0n) is 20.7. The highest BCUT2D eigenvalue weighted by Crippen LogP contribution is 2.38. The van der Waals surface area contributed by atoms with Crippen molar-refractivity contribution in [2.45, 2.75) is 63.0 Å². The van der Waals surface area contributed by atoms with E-state index in [1.165, 1.54) is 28.3 Å². The minimum Gasteiger partial charge on any atom is -0.476 e. The highest BCUT2D eigenvalue weighted by Gasteiger charge is 2.38. The molecule has 0 aromatic heterocycles. The predicted octanol–water partition coefficient (Wildman–Crippen LogP) is 5.10. The lowest BCUT2D eigenvalue weighted by molar-refractivity contribution is -0.128. The van der Waals surface area contributed by atoms with Gasteiger partial charge in [-0.2, -0.15) is 0 Å². The maximum absolute atomic E-state index is 13.6. The van der Waals surface area contributed by atoms with E-state index in [-0.39, 0.29) is 23.4 Å². The van der Waals surface area contributed by atoms with Crippen LogP contribution in [0.2, 0.25) is 0 Å². The van der Waals surface area contributed by atoms with Crippen molar-refractivity contribution in [3.63, 3.8) is 0 Å². The van der Waals surface area contributed by atoms with Gasteiger partial charge in [0, 0.05) is 0 Å². The topological polar surface area (TPSA) is 75.7 Å². The molecular weight excluding hydrogens is 472 g/mol. The third-order valence-corrected chi connectivity index (χ3v) is 8.90. The van der Waals surface area contributed by atoms with Crippen molar-refractivity contribution in [2.75, 3.05) is 10.8 Å². The second kappa shape index (κ2) is 9.97. The summed E-state index contributed by atoms with van der Waals surface area (Å²) in [7, 11) is -3.88. The number of nitrogens with zero attached hydrogens (tertiary/aromatic N) is 1. The number of ether oxygens (including phenoxy) is 1. The number of hydrogen-bond acceptors (Lipinski definition) is 4. The average Bonchev–Trinajstić information content (AvgIpc) is 2.91. The molecule has 36 heavy (non-hydrogen) atoms. The third-order valence-electron chi connectivity index (χ3n) is 7.11. The Labute approximate surface area is 213 Å². The smallest absolute Gasteiger partial charge is 0.264 e. The van der Waals surface area contributed by atoms with E-state index in [2.05, 4.69) is 23.5 Å². The van der Waals surface area contributed by atoms with Crippen molar-refractivity contribution in [3.8, 4) is 5.75 Å². The summed E-state index contributed by atoms with van der Waals surface area (Å²) < 4.78 is 34.6. The lowest BCUT2D eigenvalue weighted by Crippen LogP contribution is -2.51. The van der Waals surface area contributed by atoms with Crippen LogP contribution in [-0.2, 0) is 27.7 Å². The van der Waals surface area contributed by atoms with Crippen LogP contribution < -0.4 is 14.4 Å². The molecule has 6 nitrogen and oxygen atoms in total. The SMILES string of the molecule is CC[C@@H](NC(=O)[C@H]1CN(S(=O)(=O)c2ccccc2)c2cc(C)ccc2O1)c1ccc2c(c1)CCCC2. The third kappa shape index (κ3) is 4.72. The average molecular weight is 505 g/mol. The maximum Gasteiger partial charge on any atom is 0.264 e. The number of hydrogen-bond donors (Lipinski definition) is 1. The lowest BCUT2D eigenvalue weighted by atomic mass is 9.88. The van der Waals surface area contributed by atoms with Crippen molar-refractivity contribution in [1.29, 1.82) is 0 Å². The summed E-state index contributed by atoms with van der Waals surface area (Å²) in [6.45, 7) is 3.84. The van der Waals surface area contributed by atoms with Crippen molar-refractivity contribution in [1.82, 2.24) is 5.32 Å². The van der Waals surface area contributed by atoms with Gasteiger partial charge >= 0.3 is 0 Å². The Balaban J connectivity index is 1.42. The quantitative estimate of drug-likeness (QED) is 0.507. The number of benzene rings is 3. The van der Waals surface area contributed by atoms with Crippen LogP contribution in [0.5, 0.6) is 5.75 Å². The molecule has 5 rings (SSSR count). The van der Waals surface area contributed by atoms with Gasteiger partial charge in [0.25, 0.3) is 15.9 Å². The van der Waals surface area contributed by atoms with Gasteiger partial charge in [-0.15, -0.1) is 0 Å². The fourth-order valence-electron chi connectivity index (χ4n) is 5.10. The molecule has 1 amide bonds. The Hall–Kier alpha value is -3.32. The van der Waals surface area contributed by atoms with Crippen molar-refractivity contribution < 1.29 is 17.9 Å². The second-order valence-corrected chi connectivity index (χ2v) is 11.5. The van der Waals surface area contributed by atoms with E-state index in [0.29, 0.717) is 11.4 Å². The van der Waals surface area contributed by atoms with Crippen LogP contribution in [0.15, 0.2) is 71.6 Å². The van der Waals surface area contributed by atoms with Crippen LogP contribution in [-0.4, -0.2) is 27.0 Å². The molecule has 0 fully saturated rings. The molecule has 188 valence electrons. The highest BCUT2D eigenvalue weighted by atomic mass is 32.2. The van der Waals surface area contributed by atoms with E-state index in [4.69, 9.17) is 4.74 Å². The molecule has 2 aliphatic rings. The van der Waals surface area contributed by atoms with Gasteiger partial charge in [0.2, 0.25) is 0 Å². The van der Waals surface area contributed by atoms with Crippen LogP contribution in [0.25, 0.3) is 0 Å². The minimum atomic E-state index is -3.88. The number of carbonyl (C=O) groups excluding carboxylic acids is 1. The Morgan fingerprint density at radius 1 is 1.03 bits per heavy atom. The number of fused-ring (bicyclic) bond motifs is 2. The molecule has 7 heteroatoms. The molecular formula is C29H32N2O4S. The normalized spacial score (nSPS) is 17.9. The summed E-state index contributed by atoms with van der Waals surface area (Å²) in [5.74, 6) is 0.0624. The Kier molecular flexibility index (Phi) is 6.75. The van der Waals surface area contributed by atoms with Crippen LogP contribution in [0.3, 0.4) is 0 Å². The lowest BCUT2D eigenvalue weighted by Gasteiger charge is -2.35. The zero-order chi connectivity index (χ0) is 25.3. The molecule has 3 aromatic rings. The number of carbonyl (C=O) groups is 1. The van der Waals surface area contributed by atoms with E-state index in [9.17, 15) is 13.2 Å². The summed E-state index contributed by atoms with van der Waals surface area (Å²) in [6.07, 6.45) is 4.36. The van der Waals surface area contributed by atoms with E-state index in [1.54, 1.807) is 42.5 Å². The van der Waals surface area contributed by atoms with E-state index in [0.717, 1.165) is 30.4 Å². The van der Waals surface area contributed by atoms with Crippen molar-refractivity contribution in [2.24, 2.45) is 0 Å². The molecule has 0 spiro atoms. The monoisotopic (exact) mass is 504 g/mol. The molecule has 0 bridgehead atoms. The van der Waals surface area contributed by atoms with Gasteiger partial charge < -0.3 is 10.1 Å². The van der Waals surface area contributed by atoms with Gasteiger partial charge in [-0.3, -0.25) is 9.10 Å². The summed E-state index contributed by atoms with van der Waals surface area (Å²) in [4.78, 5) is 13.6. The molecule has 0 saturated carbocycles. The van der Waals surface area contributed by atoms with Crippen molar-refractivity contribution in [3.05, 3.63) is 89.0 Å². The van der Waals surface area contributed by atoms with E-state index < -0.39 is 16.1 Å². The number of aryl methyl sites for hydroxylation is 3. The number of sulfonamides is 1. The van der Waals surface area contributed by atoms with Crippen LogP contribution in [0, 0.1) is 6.92 Å². The van der Waals surface area contributed by atoms with Gasteiger partial charge in [0.1, 0.15) is 5.75 Å². The van der Waals surface area contributed by atoms with Crippen LogP contribution in [0.4, 0.5) is 5.69 Å². The van der Waals surface area contributed by atoms with E-state index in [1.807, 2.05) is 19.9 Å². The number of nitrogens with one attached hydrogen (secondary N) is 1. The van der Waals surface area contributed by atoms with Gasteiger partial charge in [-0.25, -0.2) is 8.42 Å². The first-order valence-corrected chi connectivity index (χ1v) is 14.1. The molecule has 0 radical (unpaired) electrons. The van der Waals surface area contributed by atoms with E-state index >= 15 is 0 Å². The first kappa shape index (κ1) is 24.4. The van der Waals surface area contributed by atoms with Gasteiger partial charge in [0.15, 0.2) is 6.10 Å². The molecule has 1 N–H and O–H groups in total. The van der Waals surface area contributed by atoms with Gasteiger partial charge in [-0.1, -0.05) is 49.4 Å². The predicted molar refractivity (Wildman–Crippen MR) is 141 cm³/mol. The highest BCUT2D eigenvalue weighted by molar-refractivity contribution is 7.92. The number of anilines is 1. The van der Waals surface area contributed by atoms with Gasteiger partial charge in [-0.05, 0) is 85.5 Å².